The SMILES string of the molecule is Cc1cc2c(cc1C(=O)N1CCC(c3ccc(C(=O)O)cc3)CC1)C1C(C=NN1C1CCOCC1)C(=O)N2. The number of benzene rings is 2. The summed E-state index contributed by atoms with van der Waals surface area (Å²) in [5.41, 5.74) is 4.61. The zero-order chi connectivity index (χ0) is 26.4. The third-order valence-electron chi connectivity index (χ3n) is 8.47. The van der Waals surface area contributed by atoms with Crippen molar-refractivity contribution in [2.45, 2.75) is 50.6 Å². The molecule has 38 heavy (non-hydrogen) atoms. The first-order valence-electron chi connectivity index (χ1n) is 13.4. The zero-order valence-electron chi connectivity index (χ0n) is 21.4. The molecule has 2 fully saturated rings. The molecule has 9 nitrogen and oxygen atoms in total. The third-order valence-corrected chi connectivity index (χ3v) is 8.47. The fourth-order valence-corrected chi connectivity index (χ4v) is 6.29. The fraction of sp³-hybridized carbons (Fsp3) is 0.448. The molecular formula is C29H32N4O5. The summed E-state index contributed by atoms with van der Waals surface area (Å²) in [5, 5.41) is 18.9. The van der Waals surface area contributed by atoms with Crippen LogP contribution in [0.2, 0.25) is 0 Å². The molecule has 2 N–H and O–H groups in total. The molecule has 0 spiro atoms. The number of hydrazone groups is 1. The number of amides is 2. The smallest absolute Gasteiger partial charge is 0.335 e. The van der Waals surface area contributed by atoms with Crippen molar-refractivity contribution in [2.75, 3.05) is 31.6 Å². The summed E-state index contributed by atoms with van der Waals surface area (Å²) in [5.74, 6) is -1.05. The topological polar surface area (TPSA) is 112 Å². The van der Waals surface area contributed by atoms with E-state index in [1.165, 1.54) is 0 Å². The maximum atomic E-state index is 13.7. The minimum Gasteiger partial charge on any atom is -0.478 e. The highest BCUT2D eigenvalue weighted by Crippen LogP contribution is 2.44. The minimum atomic E-state index is -0.927. The Morgan fingerprint density at radius 1 is 1.05 bits per heavy atom. The number of hydrogen-bond donors (Lipinski definition) is 2. The normalized spacial score (nSPS) is 23.7. The van der Waals surface area contributed by atoms with Crippen molar-refractivity contribution in [3.8, 4) is 0 Å². The molecular weight excluding hydrogens is 484 g/mol. The van der Waals surface area contributed by atoms with E-state index in [9.17, 15) is 14.4 Å². The first kappa shape index (κ1) is 24.6. The molecule has 9 heteroatoms. The van der Waals surface area contributed by atoms with Gasteiger partial charge in [0.15, 0.2) is 0 Å². The molecule has 2 amide bonds. The van der Waals surface area contributed by atoms with E-state index in [1.54, 1.807) is 18.3 Å². The van der Waals surface area contributed by atoms with Crippen molar-refractivity contribution >= 4 is 29.7 Å². The third kappa shape index (κ3) is 4.34. The standard InChI is InChI=1S/C29H32N4O5/c1-17-14-25-23(26-24(27(34)31-25)16-30-33(26)21-8-12-38-13-9-21)15-22(17)28(35)32-10-6-19(7-11-32)18-2-4-20(5-3-18)29(36)37/h2-5,14-16,19,21,24,26H,6-13H2,1H3,(H,31,34)(H,36,37). The second kappa shape index (κ2) is 9.87. The van der Waals surface area contributed by atoms with Crippen LogP contribution in [0.25, 0.3) is 0 Å². The van der Waals surface area contributed by atoms with Crippen molar-refractivity contribution in [1.82, 2.24) is 9.91 Å². The van der Waals surface area contributed by atoms with Gasteiger partial charge in [-0.3, -0.25) is 14.6 Å². The summed E-state index contributed by atoms with van der Waals surface area (Å²) < 4.78 is 5.54. The Morgan fingerprint density at radius 2 is 1.76 bits per heavy atom. The van der Waals surface area contributed by atoms with Gasteiger partial charge in [0, 0.05) is 49.3 Å². The number of carboxylic acid groups (broad SMARTS) is 1. The van der Waals surface area contributed by atoms with Crippen molar-refractivity contribution in [2.24, 2.45) is 11.0 Å². The Morgan fingerprint density at radius 3 is 2.45 bits per heavy atom. The molecule has 198 valence electrons. The van der Waals surface area contributed by atoms with Crippen LogP contribution in [0.5, 0.6) is 0 Å². The highest BCUT2D eigenvalue weighted by molar-refractivity contribution is 6.07. The van der Waals surface area contributed by atoms with E-state index < -0.39 is 5.97 Å². The van der Waals surface area contributed by atoms with Crippen LogP contribution in [0.1, 0.15) is 75.0 Å². The van der Waals surface area contributed by atoms with Crippen LogP contribution in [-0.2, 0) is 9.53 Å². The monoisotopic (exact) mass is 516 g/mol. The average Bonchev–Trinajstić information content (AvgIpc) is 3.39. The summed E-state index contributed by atoms with van der Waals surface area (Å²) in [6, 6.07) is 11.0. The molecule has 4 heterocycles. The van der Waals surface area contributed by atoms with Crippen LogP contribution < -0.4 is 5.32 Å². The highest BCUT2D eigenvalue weighted by Gasteiger charge is 2.45. The fourth-order valence-electron chi connectivity index (χ4n) is 6.29. The van der Waals surface area contributed by atoms with E-state index in [0.717, 1.165) is 48.1 Å². The molecule has 4 aliphatic rings. The van der Waals surface area contributed by atoms with Crippen LogP contribution >= 0.6 is 0 Å². The van der Waals surface area contributed by atoms with Crippen LogP contribution in [0.15, 0.2) is 41.5 Å². The summed E-state index contributed by atoms with van der Waals surface area (Å²) in [6.45, 7) is 4.57. The quantitative estimate of drug-likeness (QED) is 0.640. The maximum Gasteiger partial charge on any atom is 0.335 e. The molecule has 2 aromatic rings. The van der Waals surface area contributed by atoms with Crippen molar-refractivity contribution in [3.63, 3.8) is 0 Å². The Kier molecular flexibility index (Phi) is 6.39. The molecule has 4 aliphatic heterocycles. The number of carbonyl (C=O) groups excluding carboxylic acids is 2. The van der Waals surface area contributed by atoms with Crippen LogP contribution in [-0.4, -0.2) is 71.4 Å². The van der Waals surface area contributed by atoms with E-state index in [1.807, 2.05) is 36.1 Å². The summed E-state index contributed by atoms with van der Waals surface area (Å²) >= 11 is 0. The number of nitrogens with zero attached hydrogens (tertiary/aromatic N) is 3. The van der Waals surface area contributed by atoms with Crippen LogP contribution in [0.4, 0.5) is 5.69 Å². The molecule has 2 unspecified atom stereocenters. The van der Waals surface area contributed by atoms with Crippen molar-refractivity contribution in [3.05, 3.63) is 64.2 Å². The van der Waals surface area contributed by atoms with E-state index in [-0.39, 0.29) is 35.4 Å². The number of hydrogen-bond acceptors (Lipinski definition) is 6. The number of anilines is 1. The number of carboxylic acids is 1. The first-order chi connectivity index (χ1) is 18.4. The predicted octanol–water partition coefficient (Wildman–Crippen LogP) is 3.80. The van der Waals surface area contributed by atoms with Gasteiger partial charge in [-0.15, -0.1) is 0 Å². The zero-order valence-corrected chi connectivity index (χ0v) is 21.4. The molecule has 2 saturated heterocycles. The largest absolute Gasteiger partial charge is 0.478 e. The van der Waals surface area contributed by atoms with Gasteiger partial charge in [-0.1, -0.05) is 12.1 Å². The number of ether oxygens (including phenoxy) is 1. The molecule has 0 aromatic heterocycles. The second-order valence-corrected chi connectivity index (χ2v) is 10.7. The van der Waals surface area contributed by atoms with Crippen molar-refractivity contribution < 1.29 is 24.2 Å². The van der Waals surface area contributed by atoms with E-state index >= 15 is 0 Å². The predicted molar refractivity (Wildman–Crippen MR) is 141 cm³/mol. The lowest BCUT2D eigenvalue weighted by Crippen LogP contribution is -2.43. The van der Waals surface area contributed by atoms with Gasteiger partial charge >= 0.3 is 5.97 Å². The highest BCUT2D eigenvalue weighted by atomic mass is 16.5. The number of nitrogens with one attached hydrogen (secondary N) is 1. The average molecular weight is 517 g/mol. The number of likely N-dealkylation sites (tertiary alicyclic amines) is 1. The molecule has 0 aliphatic carbocycles. The molecule has 2 aromatic carbocycles. The molecule has 0 bridgehead atoms. The molecule has 0 saturated carbocycles. The van der Waals surface area contributed by atoms with E-state index in [2.05, 4.69) is 15.4 Å². The van der Waals surface area contributed by atoms with Crippen molar-refractivity contribution in [1.29, 1.82) is 0 Å². The van der Waals surface area contributed by atoms with E-state index in [4.69, 9.17) is 9.84 Å². The van der Waals surface area contributed by atoms with Gasteiger partial charge in [0.1, 0.15) is 5.92 Å². The summed E-state index contributed by atoms with van der Waals surface area (Å²) in [4.78, 5) is 39.7. The Hall–Kier alpha value is -3.72. The number of aryl methyl sites for hydroxylation is 1. The molecule has 6 rings (SSSR count). The van der Waals surface area contributed by atoms with Gasteiger partial charge in [0.25, 0.3) is 5.91 Å². The van der Waals surface area contributed by atoms with Gasteiger partial charge in [-0.05, 0) is 73.9 Å². The van der Waals surface area contributed by atoms with Gasteiger partial charge < -0.3 is 20.1 Å². The summed E-state index contributed by atoms with van der Waals surface area (Å²) in [6.07, 6.45) is 5.13. The second-order valence-electron chi connectivity index (χ2n) is 10.7. The Labute approximate surface area is 221 Å². The maximum absolute atomic E-state index is 13.7. The van der Waals surface area contributed by atoms with Gasteiger partial charge in [0.05, 0.1) is 17.6 Å². The summed E-state index contributed by atoms with van der Waals surface area (Å²) in [7, 11) is 0. The van der Waals surface area contributed by atoms with Gasteiger partial charge in [-0.25, -0.2) is 4.79 Å². The Bertz CT molecular complexity index is 1290. The van der Waals surface area contributed by atoms with E-state index in [0.29, 0.717) is 37.8 Å². The van der Waals surface area contributed by atoms with Crippen LogP contribution in [0, 0.1) is 12.8 Å². The molecule has 0 radical (unpaired) electrons. The number of fused-ring (bicyclic) bond motifs is 3. The first-order valence-corrected chi connectivity index (χ1v) is 13.4. The lowest BCUT2D eigenvalue weighted by Gasteiger charge is -2.39. The Balaban J connectivity index is 1.21. The number of piperidine rings is 1. The lowest BCUT2D eigenvalue weighted by atomic mass is 9.85. The number of rotatable bonds is 4. The van der Waals surface area contributed by atoms with Gasteiger partial charge in [0.2, 0.25) is 5.91 Å². The number of carbonyl (C=O) groups is 3. The lowest BCUT2D eigenvalue weighted by molar-refractivity contribution is -0.120. The van der Waals surface area contributed by atoms with Crippen LogP contribution in [0.3, 0.4) is 0 Å². The minimum absolute atomic E-state index is 0.00922. The number of aromatic carboxylic acids is 1. The molecule has 2 atom stereocenters. The van der Waals surface area contributed by atoms with Gasteiger partial charge in [-0.2, -0.15) is 5.10 Å².